The average molecular weight is 373 g/mol. The fourth-order valence-corrected chi connectivity index (χ4v) is 3.10. The van der Waals surface area contributed by atoms with E-state index in [2.05, 4.69) is 5.16 Å². The van der Waals surface area contributed by atoms with E-state index in [0.717, 1.165) is 41.2 Å². The van der Waals surface area contributed by atoms with Crippen molar-refractivity contribution >= 4 is 11.7 Å². The van der Waals surface area contributed by atoms with Gasteiger partial charge in [-0.3, -0.25) is 0 Å². The summed E-state index contributed by atoms with van der Waals surface area (Å²) in [6.45, 7) is 0. The maximum atomic E-state index is 12.3. The Hall–Kier alpha value is -3.60. The first-order valence-corrected chi connectivity index (χ1v) is 9.01. The van der Waals surface area contributed by atoms with Crippen molar-refractivity contribution in [1.82, 2.24) is 0 Å². The van der Waals surface area contributed by atoms with Gasteiger partial charge in [0, 0.05) is 5.56 Å². The SMILES string of the molecule is COc1ccc2c(c1)CC/C2=N\OC(=O)c1ccc(Oc2ccccc2)cc1. The van der Waals surface area contributed by atoms with Crippen LogP contribution < -0.4 is 9.47 Å². The van der Waals surface area contributed by atoms with Crippen LogP contribution >= 0.6 is 0 Å². The number of benzene rings is 3. The van der Waals surface area contributed by atoms with E-state index in [1.807, 2.05) is 48.5 Å². The summed E-state index contributed by atoms with van der Waals surface area (Å²) in [5.41, 5.74) is 3.34. The van der Waals surface area contributed by atoms with Crippen LogP contribution in [0.3, 0.4) is 0 Å². The number of hydrogen-bond acceptors (Lipinski definition) is 5. The molecule has 0 amide bonds. The molecular weight excluding hydrogens is 354 g/mol. The van der Waals surface area contributed by atoms with Crippen LogP contribution in [-0.4, -0.2) is 18.8 Å². The first kappa shape index (κ1) is 17.8. The van der Waals surface area contributed by atoms with Gasteiger partial charge in [0.05, 0.1) is 18.4 Å². The number of aryl methyl sites for hydroxylation is 1. The van der Waals surface area contributed by atoms with Crippen LogP contribution in [0.5, 0.6) is 17.2 Å². The molecule has 0 unspecified atom stereocenters. The Labute approximate surface area is 163 Å². The van der Waals surface area contributed by atoms with Gasteiger partial charge in [0.25, 0.3) is 0 Å². The fourth-order valence-electron chi connectivity index (χ4n) is 3.10. The molecule has 28 heavy (non-hydrogen) atoms. The molecule has 0 aliphatic heterocycles. The molecular formula is C23H19NO4. The maximum Gasteiger partial charge on any atom is 0.365 e. The first-order valence-electron chi connectivity index (χ1n) is 9.01. The lowest BCUT2D eigenvalue weighted by Crippen LogP contribution is -2.04. The van der Waals surface area contributed by atoms with Crippen LogP contribution in [0.15, 0.2) is 78.0 Å². The van der Waals surface area contributed by atoms with Gasteiger partial charge in [0.2, 0.25) is 0 Å². The summed E-state index contributed by atoms with van der Waals surface area (Å²) in [6, 6.07) is 22.1. The van der Waals surface area contributed by atoms with E-state index in [4.69, 9.17) is 14.3 Å². The normalized spacial score (nSPS) is 13.8. The van der Waals surface area contributed by atoms with Crippen molar-refractivity contribution in [3.63, 3.8) is 0 Å². The summed E-state index contributed by atoms with van der Waals surface area (Å²) in [4.78, 5) is 17.5. The highest BCUT2D eigenvalue weighted by Crippen LogP contribution is 2.27. The molecule has 0 N–H and O–H groups in total. The largest absolute Gasteiger partial charge is 0.497 e. The van der Waals surface area contributed by atoms with E-state index in [1.54, 1.807) is 31.4 Å². The van der Waals surface area contributed by atoms with Gasteiger partial charge in [0.1, 0.15) is 17.2 Å². The molecule has 0 saturated carbocycles. The second-order valence-electron chi connectivity index (χ2n) is 6.38. The molecule has 0 radical (unpaired) electrons. The Balaban J connectivity index is 1.41. The van der Waals surface area contributed by atoms with Gasteiger partial charge in [-0.15, -0.1) is 0 Å². The van der Waals surface area contributed by atoms with Crippen molar-refractivity contribution in [3.05, 3.63) is 89.5 Å². The number of oxime groups is 1. The lowest BCUT2D eigenvalue weighted by molar-refractivity contribution is 0.0516. The highest BCUT2D eigenvalue weighted by Gasteiger charge is 2.19. The van der Waals surface area contributed by atoms with E-state index in [-0.39, 0.29) is 0 Å². The maximum absolute atomic E-state index is 12.3. The zero-order valence-corrected chi connectivity index (χ0v) is 15.4. The molecule has 4 rings (SSSR count). The first-order chi connectivity index (χ1) is 13.7. The van der Waals surface area contributed by atoms with Crippen LogP contribution in [-0.2, 0) is 11.3 Å². The molecule has 0 heterocycles. The fraction of sp³-hybridized carbons (Fsp3) is 0.130. The van der Waals surface area contributed by atoms with Crippen LogP contribution in [0.2, 0.25) is 0 Å². The predicted octanol–water partition coefficient (Wildman–Crippen LogP) is 4.99. The summed E-state index contributed by atoms with van der Waals surface area (Å²) in [6.07, 6.45) is 1.59. The van der Waals surface area contributed by atoms with Crippen molar-refractivity contribution in [2.75, 3.05) is 7.11 Å². The van der Waals surface area contributed by atoms with Gasteiger partial charge in [-0.05, 0) is 73.0 Å². The van der Waals surface area contributed by atoms with E-state index in [1.165, 1.54) is 0 Å². The molecule has 3 aromatic carbocycles. The Morgan fingerprint density at radius 1 is 0.857 bits per heavy atom. The third-order valence-electron chi connectivity index (χ3n) is 4.56. The molecule has 140 valence electrons. The minimum absolute atomic E-state index is 0.415. The van der Waals surface area contributed by atoms with Crippen molar-refractivity contribution in [2.45, 2.75) is 12.8 Å². The Morgan fingerprint density at radius 2 is 1.57 bits per heavy atom. The Morgan fingerprint density at radius 3 is 2.32 bits per heavy atom. The van der Waals surface area contributed by atoms with Crippen molar-refractivity contribution in [2.24, 2.45) is 5.16 Å². The molecule has 0 spiro atoms. The highest BCUT2D eigenvalue weighted by molar-refractivity contribution is 6.04. The number of carbonyl (C=O) groups is 1. The lowest BCUT2D eigenvalue weighted by Gasteiger charge is -2.06. The predicted molar refractivity (Wildman–Crippen MR) is 106 cm³/mol. The number of para-hydroxylation sites is 1. The quantitative estimate of drug-likeness (QED) is 0.467. The second-order valence-corrected chi connectivity index (χ2v) is 6.38. The third-order valence-corrected chi connectivity index (χ3v) is 4.56. The molecule has 5 heteroatoms. The van der Waals surface area contributed by atoms with Crippen molar-refractivity contribution < 1.29 is 19.1 Å². The summed E-state index contributed by atoms with van der Waals surface area (Å²) < 4.78 is 11.0. The van der Waals surface area contributed by atoms with E-state index in [9.17, 15) is 4.79 Å². The summed E-state index contributed by atoms with van der Waals surface area (Å²) in [5, 5.41) is 4.08. The van der Waals surface area contributed by atoms with E-state index < -0.39 is 5.97 Å². The average Bonchev–Trinajstić information content (AvgIpc) is 3.15. The molecule has 0 saturated heterocycles. The van der Waals surface area contributed by atoms with Crippen LogP contribution in [0.1, 0.15) is 27.9 Å². The van der Waals surface area contributed by atoms with Gasteiger partial charge in [-0.2, -0.15) is 0 Å². The molecule has 0 aromatic heterocycles. The second kappa shape index (κ2) is 7.96. The number of ether oxygens (including phenoxy) is 2. The van der Waals surface area contributed by atoms with E-state index in [0.29, 0.717) is 11.3 Å². The Bertz CT molecular complexity index is 1010. The van der Waals surface area contributed by atoms with Crippen molar-refractivity contribution in [1.29, 1.82) is 0 Å². The van der Waals surface area contributed by atoms with Gasteiger partial charge in [-0.1, -0.05) is 23.4 Å². The summed E-state index contributed by atoms with van der Waals surface area (Å²) in [7, 11) is 1.64. The number of rotatable bonds is 5. The minimum Gasteiger partial charge on any atom is -0.497 e. The molecule has 0 atom stereocenters. The number of hydrogen-bond donors (Lipinski definition) is 0. The van der Waals surface area contributed by atoms with Crippen LogP contribution in [0.4, 0.5) is 0 Å². The van der Waals surface area contributed by atoms with Gasteiger partial charge >= 0.3 is 5.97 Å². The minimum atomic E-state index is -0.499. The number of carbonyl (C=O) groups excluding carboxylic acids is 1. The van der Waals surface area contributed by atoms with E-state index >= 15 is 0 Å². The van der Waals surface area contributed by atoms with Gasteiger partial charge in [-0.25, -0.2) is 4.79 Å². The molecule has 0 fully saturated rings. The molecule has 0 bridgehead atoms. The topological polar surface area (TPSA) is 57.1 Å². The zero-order valence-electron chi connectivity index (χ0n) is 15.4. The Kier molecular flexibility index (Phi) is 5.06. The molecule has 1 aliphatic carbocycles. The molecule has 3 aromatic rings. The number of fused-ring (bicyclic) bond motifs is 1. The van der Waals surface area contributed by atoms with Crippen molar-refractivity contribution in [3.8, 4) is 17.2 Å². The number of methoxy groups -OCH3 is 1. The zero-order chi connectivity index (χ0) is 19.3. The monoisotopic (exact) mass is 373 g/mol. The molecule has 5 nitrogen and oxygen atoms in total. The molecule has 1 aliphatic rings. The standard InChI is InChI=1S/C23H19NO4/c1-26-20-12-13-21-17(15-20)9-14-22(21)24-28-23(25)16-7-10-19(11-8-16)27-18-5-3-2-4-6-18/h2-8,10-13,15H,9,14H2,1H3/b24-22+. The van der Waals surface area contributed by atoms with Gasteiger partial charge in [0.15, 0.2) is 0 Å². The van der Waals surface area contributed by atoms with Crippen LogP contribution in [0.25, 0.3) is 0 Å². The lowest BCUT2D eigenvalue weighted by atomic mass is 10.1. The smallest absolute Gasteiger partial charge is 0.365 e. The highest BCUT2D eigenvalue weighted by atomic mass is 16.7. The van der Waals surface area contributed by atoms with Crippen LogP contribution in [0, 0.1) is 0 Å². The summed E-state index contributed by atoms with van der Waals surface area (Å²) >= 11 is 0. The number of nitrogens with zero attached hydrogens (tertiary/aromatic N) is 1. The summed E-state index contributed by atoms with van der Waals surface area (Å²) in [5.74, 6) is 1.70. The van der Waals surface area contributed by atoms with Gasteiger partial charge < -0.3 is 14.3 Å². The third kappa shape index (κ3) is 3.88.